The van der Waals surface area contributed by atoms with Crippen LogP contribution in [-0.4, -0.2) is 24.1 Å². The summed E-state index contributed by atoms with van der Waals surface area (Å²) in [7, 11) is 1.51. The molecule has 1 unspecified atom stereocenters. The number of hydrogen-bond acceptors (Lipinski definition) is 3. The van der Waals surface area contributed by atoms with Gasteiger partial charge in [-0.3, -0.25) is 9.59 Å². The molecule has 0 aromatic heterocycles. The highest BCUT2D eigenvalue weighted by atomic mass is 79.9. The third-order valence-corrected chi connectivity index (χ3v) is 4.22. The van der Waals surface area contributed by atoms with Crippen molar-refractivity contribution in [2.24, 2.45) is 11.3 Å². The first kappa shape index (κ1) is 17.5. The van der Waals surface area contributed by atoms with Crippen molar-refractivity contribution in [3.05, 3.63) is 22.7 Å². The number of ether oxygens (including phenoxy) is 1. The summed E-state index contributed by atoms with van der Waals surface area (Å²) in [6.45, 7) is 5.17. The van der Waals surface area contributed by atoms with Gasteiger partial charge in [0.25, 0.3) is 0 Å². The van der Waals surface area contributed by atoms with E-state index in [-0.39, 0.29) is 18.2 Å². The molecule has 21 heavy (non-hydrogen) atoms. The van der Waals surface area contributed by atoms with Crippen LogP contribution in [0, 0.1) is 11.3 Å². The van der Waals surface area contributed by atoms with Crippen molar-refractivity contribution in [3.63, 3.8) is 0 Å². The van der Waals surface area contributed by atoms with Crippen molar-refractivity contribution in [3.8, 4) is 5.75 Å². The summed E-state index contributed by atoms with van der Waals surface area (Å²) >= 11 is 3.32. The molecule has 0 radical (unpaired) electrons. The van der Waals surface area contributed by atoms with Gasteiger partial charge in [0.1, 0.15) is 5.75 Å². The number of nitrogens with one attached hydrogen (secondary N) is 1. The van der Waals surface area contributed by atoms with Gasteiger partial charge in [0.15, 0.2) is 0 Å². The second-order valence-corrected chi connectivity index (χ2v) is 6.36. The number of benzene rings is 1. The van der Waals surface area contributed by atoms with Crippen molar-refractivity contribution >= 4 is 33.5 Å². The molecule has 0 bridgehead atoms. The second kappa shape index (κ2) is 6.93. The highest BCUT2D eigenvalue weighted by molar-refractivity contribution is 9.10. The fourth-order valence-electron chi connectivity index (χ4n) is 1.83. The van der Waals surface area contributed by atoms with Crippen LogP contribution in [-0.2, 0) is 9.59 Å². The maximum atomic E-state index is 12.2. The summed E-state index contributed by atoms with van der Waals surface area (Å²) in [5.41, 5.74) is -0.600. The number of carbonyl (C=O) groups is 2. The highest BCUT2D eigenvalue weighted by Crippen LogP contribution is 2.33. The number of amides is 1. The predicted molar refractivity (Wildman–Crippen MR) is 84.5 cm³/mol. The summed E-state index contributed by atoms with van der Waals surface area (Å²) in [5, 5.41) is 12.1. The van der Waals surface area contributed by atoms with Crippen LogP contribution in [0.5, 0.6) is 5.75 Å². The second-order valence-electron chi connectivity index (χ2n) is 5.45. The van der Waals surface area contributed by atoms with Gasteiger partial charge in [-0.25, -0.2) is 0 Å². The summed E-state index contributed by atoms with van der Waals surface area (Å²) in [4.78, 5) is 23.6. The number of carboxylic acids is 1. The third kappa shape index (κ3) is 4.20. The zero-order valence-corrected chi connectivity index (χ0v) is 14.2. The number of anilines is 1. The molecule has 0 aliphatic rings. The van der Waals surface area contributed by atoms with E-state index in [4.69, 9.17) is 4.74 Å². The quantitative estimate of drug-likeness (QED) is 0.816. The van der Waals surface area contributed by atoms with Gasteiger partial charge in [-0.05, 0) is 31.0 Å². The molecule has 0 aliphatic carbocycles. The van der Waals surface area contributed by atoms with Crippen LogP contribution in [0.1, 0.15) is 27.2 Å². The Bertz CT molecular complexity index is 544. The maximum Gasteiger partial charge on any atom is 0.310 e. The summed E-state index contributed by atoms with van der Waals surface area (Å²) in [6, 6.07) is 5.23. The number of carboxylic acid groups (broad SMARTS) is 1. The molecule has 1 aromatic rings. The SMILES string of the molecule is COc1ccc(Br)cc1NC(=O)CC(C)(C(=O)O)C(C)C. The standard InChI is InChI=1S/C15H20BrNO4/c1-9(2)15(3,14(19)20)8-13(18)17-11-7-10(16)5-6-12(11)21-4/h5-7,9H,8H2,1-4H3,(H,17,18)(H,19,20). The minimum absolute atomic E-state index is 0.102. The summed E-state index contributed by atoms with van der Waals surface area (Å²) in [6.07, 6.45) is -0.102. The smallest absolute Gasteiger partial charge is 0.310 e. The average molecular weight is 358 g/mol. The Kier molecular flexibility index (Phi) is 5.78. The van der Waals surface area contributed by atoms with Gasteiger partial charge < -0.3 is 15.2 Å². The van der Waals surface area contributed by atoms with E-state index in [1.165, 1.54) is 7.11 Å². The zero-order valence-electron chi connectivity index (χ0n) is 12.6. The van der Waals surface area contributed by atoms with Crippen molar-refractivity contribution in [1.29, 1.82) is 0 Å². The molecular formula is C15H20BrNO4. The molecule has 0 heterocycles. The van der Waals surface area contributed by atoms with Gasteiger partial charge in [0, 0.05) is 10.9 Å². The van der Waals surface area contributed by atoms with Crippen molar-refractivity contribution < 1.29 is 19.4 Å². The molecule has 0 saturated carbocycles. The summed E-state index contributed by atoms with van der Waals surface area (Å²) in [5.74, 6) is -0.975. The number of rotatable bonds is 6. The molecule has 1 amide bonds. The zero-order chi connectivity index (χ0) is 16.2. The molecule has 1 aromatic carbocycles. The number of carbonyl (C=O) groups excluding carboxylic acids is 1. The molecule has 116 valence electrons. The first-order chi connectivity index (χ1) is 9.70. The molecule has 0 saturated heterocycles. The van der Waals surface area contributed by atoms with E-state index in [2.05, 4.69) is 21.2 Å². The minimum atomic E-state index is -1.11. The molecule has 0 aliphatic heterocycles. The lowest BCUT2D eigenvalue weighted by Crippen LogP contribution is -2.37. The average Bonchev–Trinajstić information content (AvgIpc) is 2.38. The van der Waals surface area contributed by atoms with Gasteiger partial charge in [-0.2, -0.15) is 0 Å². The Morgan fingerprint density at radius 1 is 1.43 bits per heavy atom. The maximum absolute atomic E-state index is 12.2. The summed E-state index contributed by atoms with van der Waals surface area (Å²) < 4.78 is 5.97. The van der Waals surface area contributed by atoms with E-state index in [0.717, 1.165) is 4.47 Å². The molecule has 2 N–H and O–H groups in total. The number of methoxy groups -OCH3 is 1. The van der Waals surface area contributed by atoms with Crippen LogP contribution in [0.4, 0.5) is 5.69 Å². The van der Waals surface area contributed by atoms with E-state index >= 15 is 0 Å². The Morgan fingerprint density at radius 2 is 2.05 bits per heavy atom. The molecule has 6 heteroatoms. The van der Waals surface area contributed by atoms with E-state index in [0.29, 0.717) is 11.4 Å². The monoisotopic (exact) mass is 357 g/mol. The number of aliphatic carboxylic acids is 1. The van der Waals surface area contributed by atoms with Gasteiger partial charge in [0.05, 0.1) is 18.2 Å². The Labute approximate surface area is 132 Å². The lowest BCUT2D eigenvalue weighted by molar-refractivity contribution is -0.153. The van der Waals surface area contributed by atoms with Crippen molar-refractivity contribution in [2.75, 3.05) is 12.4 Å². The van der Waals surface area contributed by atoms with Gasteiger partial charge in [-0.1, -0.05) is 29.8 Å². The molecule has 1 rings (SSSR count). The lowest BCUT2D eigenvalue weighted by Gasteiger charge is -2.28. The van der Waals surface area contributed by atoms with Crippen molar-refractivity contribution in [2.45, 2.75) is 27.2 Å². The first-order valence-corrected chi connectivity index (χ1v) is 7.36. The fraction of sp³-hybridized carbons (Fsp3) is 0.467. The minimum Gasteiger partial charge on any atom is -0.495 e. The van der Waals surface area contributed by atoms with Gasteiger partial charge >= 0.3 is 5.97 Å². The predicted octanol–water partition coefficient (Wildman–Crippen LogP) is 3.53. The largest absolute Gasteiger partial charge is 0.495 e. The number of halogens is 1. The molecule has 0 spiro atoms. The van der Waals surface area contributed by atoms with Crippen LogP contribution in [0.25, 0.3) is 0 Å². The Balaban J connectivity index is 2.92. The van der Waals surface area contributed by atoms with Crippen LogP contribution < -0.4 is 10.1 Å². The Hall–Kier alpha value is -1.56. The van der Waals surface area contributed by atoms with Crippen LogP contribution in [0.2, 0.25) is 0 Å². The van der Waals surface area contributed by atoms with Gasteiger partial charge in [-0.15, -0.1) is 0 Å². The molecule has 5 nitrogen and oxygen atoms in total. The molecule has 1 atom stereocenters. The van der Waals surface area contributed by atoms with E-state index < -0.39 is 11.4 Å². The fourth-order valence-corrected chi connectivity index (χ4v) is 2.19. The topological polar surface area (TPSA) is 75.6 Å². The Morgan fingerprint density at radius 3 is 2.52 bits per heavy atom. The van der Waals surface area contributed by atoms with Gasteiger partial charge in [0.2, 0.25) is 5.91 Å². The third-order valence-electron chi connectivity index (χ3n) is 3.73. The number of hydrogen-bond donors (Lipinski definition) is 2. The first-order valence-electron chi connectivity index (χ1n) is 6.57. The van der Waals surface area contributed by atoms with Crippen LogP contribution in [0.3, 0.4) is 0 Å². The van der Waals surface area contributed by atoms with Crippen LogP contribution in [0.15, 0.2) is 22.7 Å². The molecule has 0 fully saturated rings. The van der Waals surface area contributed by atoms with E-state index in [1.807, 2.05) is 0 Å². The molecular weight excluding hydrogens is 338 g/mol. The lowest BCUT2D eigenvalue weighted by atomic mass is 9.76. The van der Waals surface area contributed by atoms with E-state index in [1.54, 1.807) is 39.0 Å². The van der Waals surface area contributed by atoms with Crippen LogP contribution >= 0.6 is 15.9 Å². The normalized spacial score (nSPS) is 13.6. The highest BCUT2D eigenvalue weighted by Gasteiger charge is 2.38. The van der Waals surface area contributed by atoms with E-state index in [9.17, 15) is 14.7 Å². The van der Waals surface area contributed by atoms with Crippen molar-refractivity contribution in [1.82, 2.24) is 0 Å².